The molecule has 2 aromatic heterocycles. The number of hydrogen-bond donors (Lipinski definition) is 1. The molecule has 0 saturated carbocycles. The van der Waals surface area contributed by atoms with Gasteiger partial charge in [-0.25, -0.2) is 9.97 Å². The highest BCUT2D eigenvalue weighted by Gasteiger charge is 2.19. The first kappa shape index (κ1) is 25.9. The average Bonchev–Trinajstić information content (AvgIpc) is 3.48. The molecule has 0 bridgehead atoms. The summed E-state index contributed by atoms with van der Waals surface area (Å²) < 4.78 is 17.0. The number of fused-ring (bicyclic) bond motifs is 1. The van der Waals surface area contributed by atoms with E-state index in [4.69, 9.17) is 19.2 Å². The van der Waals surface area contributed by atoms with Gasteiger partial charge in [0.25, 0.3) is 0 Å². The van der Waals surface area contributed by atoms with Gasteiger partial charge < -0.3 is 19.3 Å². The van der Waals surface area contributed by atoms with Crippen LogP contribution < -0.4 is 14.2 Å². The highest BCUT2D eigenvalue weighted by atomic mass is 32.1. The van der Waals surface area contributed by atoms with Gasteiger partial charge in [0.1, 0.15) is 16.5 Å². The summed E-state index contributed by atoms with van der Waals surface area (Å²) in [6.45, 7) is 2.73. The normalized spacial score (nSPS) is 13.1. The Morgan fingerprint density at radius 3 is 2.42 bits per heavy atom. The molecule has 3 aromatic carbocycles. The van der Waals surface area contributed by atoms with Crippen molar-refractivity contribution >= 4 is 11.3 Å². The van der Waals surface area contributed by atoms with E-state index in [-0.39, 0.29) is 5.75 Å². The number of phenolic OH excluding ortho intramolecular Hbond substituents is 1. The van der Waals surface area contributed by atoms with Crippen LogP contribution in [-0.4, -0.2) is 40.7 Å². The first-order chi connectivity index (χ1) is 19.6. The highest BCUT2D eigenvalue weighted by molar-refractivity contribution is 7.13. The molecule has 0 saturated heterocycles. The zero-order valence-electron chi connectivity index (χ0n) is 22.3. The quantitative estimate of drug-likeness (QED) is 0.224. The van der Waals surface area contributed by atoms with Crippen LogP contribution in [0.4, 0.5) is 0 Å². The van der Waals surface area contributed by atoms with Gasteiger partial charge in [-0.2, -0.15) is 0 Å². The van der Waals surface area contributed by atoms with E-state index in [2.05, 4.69) is 34.1 Å². The average molecular weight is 552 g/mol. The van der Waals surface area contributed by atoms with E-state index in [1.807, 2.05) is 41.8 Å². The highest BCUT2D eigenvalue weighted by Crippen LogP contribution is 2.34. The number of nitrogens with zero attached hydrogens (tertiary/aromatic N) is 3. The molecule has 1 aliphatic rings. The molecule has 0 amide bonds. The van der Waals surface area contributed by atoms with Crippen molar-refractivity contribution in [2.45, 2.75) is 19.5 Å². The Balaban J connectivity index is 1.07. The molecular weight excluding hydrogens is 522 g/mol. The van der Waals surface area contributed by atoms with Crippen LogP contribution in [0.2, 0.25) is 0 Å². The van der Waals surface area contributed by atoms with E-state index in [1.54, 1.807) is 32.5 Å². The van der Waals surface area contributed by atoms with Gasteiger partial charge in [0.15, 0.2) is 11.5 Å². The molecule has 5 aromatic rings. The number of aromatic nitrogens is 2. The minimum absolute atomic E-state index is 0.225. The van der Waals surface area contributed by atoms with Crippen LogP contribution in [0, 0.1) is 0 Å². The fraction of sp³-hybridized carbons (Fsp3) is 0.188. The van der Waals surface area contributed by atoms with Crippen molar-refractivity contribution in [3.8, 4) is 50.7 Å². The molecule has 6 rings (SSSR count). The van der Waals surface area contributed by atoms with Crippen LogP contribution in [-0.2, 0) is 19.5 Å². The molecular formula is C32H29N3O4S. The van der Waals surface area contributed by atoms with Gasteiger partial charge in [0.2, 0.25) is 5.88 Å². The number of methoxy groups -OCH3 is 2. The van der Waals surface area contributed by atoms with E-state index in [9.17, 15) is 5.11 Å². The minimum atomic E-state index is 0.225. The van der Waals surface area contributed by atoms with Crippen LogP contribution in [0.1, 0.15) is 16.7 Å². The number of aromatic hydroxyl groups is 1. The molecule has 0 radical (unpaired) electrons. The van der Waals surface area contributed by atoms with Crippen molar-refractivity contribution in [1.82, 2.24) is 14.9 Å². The molecule has 0 spiro atoms. The summed E-state index contributed by atoms with van der Waals surface area (Å²) in [6.07, 6.45) is 2.75. The summed E-state index contributed by atoms with van der Waals surface area (Å²) in [6, 6.07) is 23.3. The van der Waals surface area contributed by atoms with Crippen molar-refractivity contribution < 1.29 is 19.3 Å². The van der Waals surface area contributed by atoms with Gasteiger partial charge in [-0.3, -0.25) is 4.90 Å². The van der Waals surface area contributed by atoms with Crippen LogP contribution in [0.3, 0.4) is 0 Å². The lowest BCUT2D eigenvalue weighted by atomic mass is 9.98. The summed E-state index contributed by atoms with van der Waals surface area (Å²) in [4.78, 5) is 11.6. The van der Waals surface area contributed by atoms with Gasteiger partial charge in [-0.1, -0.05) is 24.3 Å². The Hall–Kier alpha value is -4.40. The zero-order valence-corrected chi connectivity index (χ0v) is 23.1. The fourth-order valence-electron chi connectivity index (χ4n) is 4.89. The lowest BCUT2D eigenvalue weighted by Gasteiger charge is -2.29. The molecule has 0 aliphatic carbocycles. The third kappa shape index (κ3) is 5.64. The monoisotopic (exact) mass is 551 g/mol. The molecule has 1 N–H and O–H groups in total. The first-order valence-electron chi connectivity index (χ1n) is 13.0. The van der Waals surface area contributed by atoms with Gasteiger partial charge >= 0.3 is 0 Å². The molecule has 0 fully saturated rings. The minimum Gasteiger partial charge on any atom is -0.508 e. The standard InChI is InChI=1S/C32H29N3O4S/c1-37-29-15-22-12-13-35(19-25(22)16-30(29)38-2)18-21-6-9-27(10-7-21)39-31-11-8-24(17-33-31)32-34-28(20-40-32)23-4-3-5-26(36)14-23/h3-11,14-17,20,36H,12-13,18-19H2,1-2H3. The van der Waals surface area contributed by atoms with E-state index in [0.29, 0.717) is 5.88 Å². The molecule has 0 unspecified atom stereocenters. The Bertz CT molecular complexity index is 1620. The fourth-order valence-corrected chi connectivity index (χ4v) is 5.71. The van der Waals surface area contributed by atoms with Gasteiger partial charge in [-0.15, -0.1) is 11.3 Å². The van der Waals surface area contributed by atoms with Crippen LogP contribution in [0.5, 0.6) is 28.9 Å². The zero-order chi connectivity index (χ0) is 27.5. The maximum absolute atomic E-state index is 9.74. The third-order valence-corrected chi connectivity index (χ3v) is 7.87. The predicted molar refractivity (Wildman–Crippen MR) is 156 cm³/mol. The Morgan fingerprint density at radius 1 is 0.900 bits per heavy atom. The maximum Gasteiger partial charge on any atom is 0.219 e. The molecule has 40 heavy (non-hydrogen) atoms. The van der Waals surface area contributed by atoms with Crippen molar-refractivity contribution in [3.05, 3.63) is 101 Å². The van der Waals surface area contributed by atoms with Gasteiger partial charge in [0.05, 0.1) is 19.9 Å². The van der Waals surface area contributed by atoms with E-state index in [0.717, 1.165) is 65.1 Å². The summed E-state index contributed by atoms with van der Waals surface area (Å²) in [5.41, 5.74) is 6.45. The summed E-state index contributed by atoms with van der Waals surface area (Å²) in [5, 5.41) is 12.6. The summed E-state index contributed by atoms with van der Waals surface area (Å²) >= 11 is 1.54. The van der Waals surface area contributed by atoms with Gasteiger partial charge in [0, 0.05) is 48.4 Å². The van der Waals surface area contributed by atoms with E-state index < -0.39 is 0 Å². The van der Waals surface area contributed by atoms with Crippen LogP contribution >= 0.6 is 11.3 Å². The Labute approximate surface area is 237 Å². The number of ether oxygens (including phenoxy) is 3. The Morgan fingerprint density at radius 2 is 1.70 bits per heavy atom. The topological polar surface area (TPSA) is 76.9 Å². The smallest absolute Gasteiger partial charge is 0.219 e. The second-order valence-corrected chi connectivity index (χ2v) is 10.5. The molecule has 7 nitrogen and oxygen atoms in total. The second-order valence-electron chi connectivity index (χ2n) is 9.66. The van der Waals surface area contributed by atoms with Crippen LogP contribution in [0.15, 0.2) is 84.4 Å². The maximum atomic E-state index is 9.74. The van der Waals surface area contributed by atoms with Crippen molar-refractivity contribution in [1.29, 1.82) is 0 Å². The van der Waals surface area contributed by atoms with Gasteiger partial charge in [-0.05, 0) is 65.6 Å². The second kappa shape index (κ2) is 11.4. The number of benzene rings is 3. The Kier molecular flexibility index (Phi) is 7.35. The van der Waals surface area contributed by atoms with Crippen molar-refractivity contribution in [2.24, 2.45) is 0 Å². The number of phenols is 1. The molecule has 202 valence electrons. The predicted octanol–water partition coefficient (Wildman–Crippen LogP) is 6.95. The third-order valence-electron chi connectivity index (χ3n) is 6.98. The largest absolute Gasteiger partial charge is 0.508 e. The number of thiazole rings is 1. The molecule has 0 atom stereocenters. The van der Waals surface area contributed by atoms with Crippen molar-refractivity contribution in [2.75, 3.05) is 20.8 Å². The number of pyridine rings is 1. The lowest BCUT2D eigenvalue weighted by molar-refractivity contribution is 0.244. The number of hydrogen-bond acceptors (Lipinski definition) is 8. The first-order valence-corrected chi connectivity index (χ1v) is 13.9. The SMILES string of the molecule is COc1cc2c(cc1OC)CN(Cc1ccc(Oc3ccc(-c4nc(-c5cccc(O)c5)cs4)cn3)cc1)CC2. The summed E-state index contributed by atoms with van der Waals surface area (Å²) in [7, 11) is 3.35. The van der Waals surface area contributed by atoms with Crippen molar-refractivity contribution in [3.63, 3.8) is 0 Å². The molecule has 8 heteroatoms. The molecule has 3 heterocycles. The van der Waals surface area contributed by atoms with E-state index >= 15 is 0 Å². The summed E-state index contributed by atoms with van der Waals surface area (Å²) in [5.74, 6) is 3.05. The molecule has 1 aliphatic heterocycles. The number of rotatable bonds is 8. The van der Waals surface area contributed by atoms with E-state index in [1.165, 1.54) is 28.0 Å². The van der Waals surface area contributed by atoms with Crippen LogP contribution in [0.25, 0.3) is 21.8 Å². The lowest BCUT2D eigenvalue weighted by Crippen LogP contribution is -2.30.